The average Bonchev–Trinajstić information content (AvgIpc) is 4.00. The topological polar surface area (TPSA) is 156 Å². The highest BCUT2D eigenvalue weighted by Gasteiger charge is 2.67. The van der Waals surface area contributed by atoms with Gasteiger partial charge in [0.2, 0.25) is 27.7 Å². The van der Waals surface area contributed by atoms with Crippen LogP contribution in [0.15, 0.2) is 61.3 Å². The summed E-state index contributed by atoms with van der Waals surface area (Å²) in [4.78, 5) is 48.0. The molecule has 0 bridgehead atoms. The van der Waals surface area contributed by atoms with Crippen molar-refractivity contribution >= 4 is 55.8 Å². The summed E-state index contributed by atoms with van der Waals surface area (Å²) in [5, 5.41) is 6.61. The summed E-state index contributed by atoms with van der Waals surface area (Å²) in [6, 6.07) is 8.75. The maximum Gasteiger partial charge on any atom is 0.254 e. The highest BCUT2D eigenvalue weighted by Crippen LogP contribution is 2.53. The van der Waals surface area contributed by atoms with Gasteiger partial charge >= 0.3 is 0 Å². The van der Waals surface area contributed by atoms with E-state index in [4.69, 9.17) is 21.1 Å². The number of carbonyl (C=O) groups excluding carboxylic acids is 3. The molecule has 1 saturated heterocycles. The van der Waals surface area contributed by atoms with E-state index < -0.39 is 73.9 Å². The molecule has 3 fully saturated rings. The third kappa shape index (κ3) is 7.40. The SMILES string of the molecule is C=C[C@@H]1C[C@@]1(C(=O)NS(=O)(=O)C1CC1)N1C[C@H](Oc2ncc(OC)c3ccc(Cl)cc23)C[C@H]1C(=O)NC(=O)[C@H](Nc1cccc(F)c1)C(C)(C)C. The van der Waals surface area contributed by atoms with Gasteiger partial charge in [0, 0.05) is 40.4 Å². The van der Waals surface area contributed by atoms with E-state index in [1.165, 1.54) is 31.5 Å². The number of benzene rings is 2. The van der Waals surface area contributed by atoms with Crippen LogP contribution in [0.2, 0.25) is 5.02 Å². The Balaban J connectivity index is 1.32. The number of pyridine rings is 1. The van der Waals surface area contributed by atoms with Crippen molar-refractivity contribution < 1.29 is 36.7 Å². The lowest BCUT2D eigenvalue weighted by atomic mass is 9.85. The molecule has 15 heteroatoms. The molecule has 0 radical (unpaired) electrons. The molecule has 12 nitrogen and oxygen atoms in total. The van der Waals surface area contributed by atoms with E-state index in [0.29, 0.717) is 40.1 Å². The van der Waals surface area contributed by atoms with Crippen LogP contribution < -0.4 is 24.8 Å². The Hall–Kier alpha value is -4.27. The number of nitrogens with zero attached hydrogens (tertiary/aromatic N) is 2. The molecule has 2 aromatic carbocycles. The van der Waals surface area contributed by atoms with E-state index in [-0.39, 0.29) is 25.3 Å². The van der Waals surface area contributed by atoms with Crippen LogP contribution in [0.5, 0.6) is 11.6 Å². The van der Waals surface area contributed by atoms with Gasteiger partial charge in [-0.1, -0.05) is 44.5 Å². The zero-order chi connectivity index (χ0) is 36.9. The monoisotopic (exact) mass is 741 g/mol. The number of anilines is 1. The number of hydrogen-bond donors (Lipinski definition) is 3. The second-order valence-corrected chi connectivity index (χ2v) is 16.8. The van der Waals surface area contributed by atoms with Crippen LogP contribution in [0.4, 0.5) is 10.1 Å². The number of sulfonamides is 1. The molecular weight excluding hydrogens is 701 g/mol. The molecule has 2 aliphatic carbocycles. The maximum atomic E-state index is 14.2. The van der Waals surface area contributed by atoms with E-state index in [9.17, 15) is 27.2 Å². The van der Waals surface area contributed by atoms with E-state index in [2.05, 4.69) is 26.9 Å². The number of amides is 3. The minimum Gasteiger partial charge on any atom is -0.494 e. The molecule has 6 rings (SSSR count). The molecule has 1 aromatic heterocycles. The molecule has 0 spiro atoms. The van der Waals surface area contributed by atoms with Gasteiger partial charge in [-0.15, -0.1) is 6.58 Å². The summed E-state index contributed by atoms with van der Waals surface area (Å²) < 4.78 is 54.0. The number of nitrogens with one attached hydrogen (secondary N) is 3. The normalized spacial score (nSPS) is 24.0. The number of fused-ring (bicyclic) bond motifs is 1. The summed E-state index contributed by atoms with van der Waals surface area (Å²) in [7, 11) is -2.40. The molecule has 0 unspecified atom stereocenters. The Labute approximate surface area is 301 Å². The fraction of sp³-hybridized carbons (Fsp3) is 0.444. The third-order valence-corrected chi connectivity index (χ3v) is 11.8. The number of hydrogen-bond acceptors (Lipinski definition) is 10. The Bertz CT molecular complexity index is 2000. The molecule has 5 atom stereocenters. The van der Waals surface area contributed by atoms with Crippen LogP contribution in [0, 0.1) is 17.2 Å². The summed E-state index contributed by atoms with van der Waals surface area (Å²) in [5.41, 5.74) is -1.80. The number of rotatable bonds is 12. The Kier molecular flexibility index (Phi) is 9.81. The fourth-order valence-corrected chi connectivity index (χ4v) is 8.33. The predicted molar refractivity (Wildman–Crippen MR) is 190 cm³/mol. The summed E-state index contributed by atoms with van der Waals surface area (Å²) in [5.74, 6) is -2.39. The second-order valence-electron chi connectivity index (χ2n) is 14.4. The first-order valence-corrected chi connectivity index (χ1v) is 18.6. The summed E-state index contributed by atoms with van der Waals surface area (Å²) in [6.07, 6.45) is 3.50. The number of methoxy groups -OCH3 is 1. The van der Waals surface area contributed by atoms with Gasteiger partial charge in [-0.2, -0.15) is 0 Å². The van der Waals surface area contributed by atoms with E-state index in [1.54, 1.807) is 56.0 Å². The van der Waals surface area contributed by atoms with Crippen LogP contribution >= 0.6 is 11.6 Å². The van der Waals surface area contributed by atoms with Gasteiger partial charge in [-0.3, -0.25) is 29.3 Å². The van der Waals surface area contributed by atoms with Crippen molar-refractivity contribution in [2.45, 2.75) is 75.4 Å². The van der Waals surface area contributed by atoms with E-state index >= 15 is 0 Å². The number of imide groups is 1. The van der Waals surface area contributed by atoms with E-state index in [1.807, 2.05) is 0 Å². The average molecular weight is 742 g/mol. The minimum atomic E-state index is -3.92. The number of carbonyl (C=O) groups is 3. The van der Waals surface area contributed by atoms with Crippen LogP contribution in [-0.2, 0) is 24.4 Å². The first-order valence-electron chi connectivity index (χ1n) is 16.7. The molecule has 272 valence electrons. The lowest BCUT2D eigenvalue weighted by Crippen LogP contribution is -2.59. The van der Waals surface area contributed by atoms with Gasteiger partial charge < -0.3 is 14.8 Å². The molecule has 1 aliphatic heterocycles. The lowest BCUT2D eigenvalue weighted by molar-refractivity contribution is -0.136. The standard InChI is InChI=1S/C36H41ClFN5O7S/c1-6-20-17-36(20,34(46)42-51(47,48)25-11-12-25)43-19-24(50-33-27-14-21(37)10-13-26(27)29(49-5)18-39-33)16-28(43)31(44)41-32(45)30(35(2,3)4)40-23-9-7-8-22(38)15-23/h6-10,13-15,18,20,24-25,28,30,40H,1,11-12,16-17,19H2,2-5H3,(H,42,46)(H,41,44,45)/t20-,24-,28+,30+,36-/m1/s1. The Morgan fingerprint density at radius 1 is 1.16 bits per heavy atom. The molecule has 2 heterocycles. The van der Waals surface area contributed by atoms with Crippen molar-refractivity contribution in [2.75, 3.05) is 19.0 Å². The quantitative estimate of drug-likeness (QED) is 0.225. The largest absolute Gasteiger partial charge is 0.494 e. The van der Waals surface area contributed by atoms with Crippen molar-refractivity contribution in [2.24, 2.45) is 11.3 Å². The fourth-order valence-electron chi connectivity index (χ4n) is 6.80. The lowest BCUT2D eigenvalue weighted by Gasteiger charge is -2.34. The van der Waals surface area contributed by atoms with Gasteiger partial charge in [-0.25, -0.2) is 17.8 Å². The zero-order valence-corrected chi connectivity index (χ0v) is 30.3. The number of likely N-dealkylation sites (tertiary alicyclic amines) is 1. The number of aromatic nitrogens is 1. The first kappa shape index (κ1) is 36.5. The van der Waals surface area contributed by atoms with Crippen molar-refractivity contribution in [1.29, 1.82) is 0 Å². The van der Waals surface area contributed by atoms with Crippen LogP contribution in [0.25, 0.3) is 10.8 Å². The van der Waals surface area contributed by atoms with Crippen molar-refractivity contribution in [1.82, 2.24) is 19.9 Å². The maximum absolute atomic E-state index is 14.2. The first-order chi connectivity index (χ1) is 24.1. The van der Waals surface area contributed by atoms with Gasteiger partial charge in [0.25, 0.3) is 5.91 Å². The summed E-state index contributed by atoms with van der Waals surface area (Å²) in [6.45, 7) is 9.29. The highest BCUT2D eigenvalue weighted by molar-refractivity contribution is 7.91. The molecule has 2 saturated carbocycles. The Morgan fingerprint density at radius 3 is 2.53 bits per heavy atom. The van der Waals surface area contributed by atoms with Crippen LogP contribution in [0.1, 0.15) is 46.5 Å². The summed E-state index contributed by atoms with van der Waals surface area (Å²) >= 11 is 6.33. The van der Waals surface area contributed by atoms with Gasteiger partial charge in [0.1, 0.15) is 29.3 Å². The molecule has 51 heavy (non-hydrogen) atoms. The zero-order valence-electron chi connectivity index (χ0n) is 28.7. The van der Waals surface area contributed by atoms with Gasteiger partial charge in [0.15, 0.2) is 0 Å². The van der Waals surface area contributed by atoms with Crippen LogP contribution in [-0.4, -0.2) is 78.7 Å². The van der Waals surface area contributed by atoms with Gasteiger partial charge in [-0.05, 0) is 61.1 Å². The number of ether oxygens (including phenoxy) is 2. The van der Waals surface area contributed by atoms with Gasteiger partial charge in [0.05, 0.1) is 24.6 Å². The number of halogens is 2. The van der Waals surface area contributed by atoms with Crippen molar-refractivity contribution in [3.05, 3.63) is 72.2 Å². The highest BCUT2D eigenvalue weighted by atomic mass is 35.5. The molecule has 3 aromatic rings. The predicted octanol–water partition coefficient (Wildman–Crippen LogP) is 4.58. The molecule has 3 amide bonds. The molecular formula is C36H41ClFN5O7S. The van der Waals surface area contributed by atoms with Crippen LogP contribution in [0.3, 0.4) is 0 Å². The van der Waals surface area contributed by atoms with Crippen molar-refractivity contribution in [3.63, 3.8) is 0 Å². The molecule has 3 N–H and O–H groups in total. The Morgan fingerprint density at radius 2 is 1.90 bits per heavy atom. The van der Waals surface area contributed by atoms with Crippen molar-refractivity contribution in [3.8, 4) is 11.6 Å². The minimum absolute atomic E-state index is 0.0214. The third-order valence-electron chi connectivity index (χ3n) is 9.72. The molecule has 3 aliphatic rings. The second kappa shape index (κ2) is 13.7. The van der Waals surface area contributed by atoms with E-state index in [0.717, 1.165) is 0 Å². The smallest absolute Gasteiger partial charge is 0.254 e.